The summed E-state index contributed by atoms with van der Waals surface area (Å²) in [5.41, 5.74) is -3.12. The van der Waals surface area contributed by atoms with Gasteiger partial charge in [0, 0.05) is 11.7 Å². The van der Waals surface area contributed by atoms with Crippen LogP contribution in [-0.4, -0.2) is 30.1 Å². The molecule has 180 valence electrons. The smallest absolute Gasteiger partial charge is 0.346 e. The van der Waals surface area contributed by atoms with E-state index in [1.807, 2.05) is 0 Å². The van der Waals surface area contributed by atoms with Crippen LogP contribution in [0.5, 0.6) is 0 Å². The van der Waals surface area contributed by atoms with E-state index in [4.69, 9.17) is 0 Å². The first-order chi connectivity index (χ1) is 15.1. The third kappa shape index (κ3) is 5.66. The highest BCUT2D eigenvalue weighted by atomic mass is 32.2. The molecule has 1 aromatic carbocycles. The summed E-state index contributed by atoms with van der Waals surface area (Å²) < 4.78 is 103. The van der Waals surface area contributed by atoms with Crippen molar-refractivity contribution in [3.05, 3.63) is 59.4 Å². The summed E-state index contributed by atoms with van der Waals surface area (Å²) >= 11 is 0. The first-order valence-electron chi connectivity index (χ1n) is 9.89. The van der Waals surface area contributed by atoms with E-state index >= 15 is 0 Å². The van der Waals surface area contributed by atoms with Crippen LogP contribution in [0.1, 0.15) is 54.2 Å². The molecule has 1 aliphatic rings. The number of sulfone groups is 1. The van der Waals surface area contributed by atoms with E-state index in [-0.39, 0.29) is 31.4 Å². The van der Waals surface area contributed by atoms with Crippen LogP contribution in [-0.2, 0) is 22.2 Å². The second-order valence-corrected chi connectivity index (χ2v) is 10.4. The van der Waals surface area contributed by atoms with Gasteiger partial charge >= 0.3 is 12.4 Å². The number of hydrogen-bond acceptors (Lipinski definition) is 4. The average Bonchev–Trinajstić information content (AvgIpc) is 2.73. The zero-order valence-electron chi connectivity index (χ0n) is 17.3. The van der Waals surface area contributed by atoms with E-state index < -0.39 is 54.9 Å². The molecule has 12 heteroatoms. The number of amides is 1. The molecule has 1 amide bonds. The summed E-state index contributed by atoms with van der Waals surface area (Å²) in [4.78, 5) is 15.6. The topological polar surface area (TPSA) is 76.1 Å². The first kappa shape index (κ1) is 25.0. The Labute approximate surface area is 186 Å². The molecule has 0 atom stereocenters. The van der Waals surface area contributed by atoms with Crippen molar-refractivity contribution in [3.8, 4) is 0 Å². The van der Waals surface area contributed by atoms with E-state index in [2.05, 4.69) is 10.3 Å². The Balaban J connectivity index is 1.67. The van der Waals surface area contributed by atoms with Crippen LogP contribution >= 0.6 is 0 Å². The number of nitrogens with one attached hydrogen (secondary N) is 1. The van der Waals surface area contributed by atoms with Crippen molar-refractivity contribution in [2.24, 2.45) is 0 Å². The number of aromatic nitrogens is 1. The van der Waals surface area contributed by atoms with Gasteiger partial charge in [-0.2, -0.15) is 26.3 Å². The summed E-state index contributed by atoms with van der Waals surface area (Å²) in [5, 5.41) is 1.76. The van der Waals surface area contributed by atoms with Gasteiger partial charge in [-0.15, -0.1) is 0 Å². The average molecular weight is 494 g/mol. The van der Waals surface area contributed by atoms with Crippen LogP contribution in [0.3, 0.4) is 0 Å². The number of hydrogen-bond donors (Lipinski definition) is 1. The minimum atomic E-state index is -4.67. The van der Waals surface area contributed by atoms with E-state index in [0.717, 1.165) is 30.3 Å². The minimum absolute atomic E-state index is 0.0931. The fourth-order valence-electron chi connectivity index (χ4n) is 3.74. The lowest BCUT2D eigenvalue weighted by Gasteiger charge is -2.37. The molecular weight excluding hydrogens is 474 g/mol. The fourth-order valence-corrected chi connectivity index (χ4v) is 5.54. The highest BCUT2D eigenvalue weighted by Crippen LogP contribution is 2.36. The molecule has 1 saturated carbocycles. The lowest BCUT2D eigenvalue weighted by molar-refractivity contribution is -0.138. The van der Waals surface area contributed by atoms with Crippen molar-refractivity contribution in [3.63, 3.8) is 0 Å². The Morgan fingerprint density at radius 1 is 1.00 bits per heavy atom. The maximum atomic E-state index is 12.9. The Hall–Kier alpha value is -2.63. The Morgan fingerprint density at radius 3 is 2.12 bits per heavy atom. The molecule has 2 aromatic rings. The van der Waals surface area contributed by atoms with E-state index in [9.17, 15) is 39.6 Å². The van der Waals surface area contributed by atoms with Crippen molar-refractivity contribution in [1.82, 2.24) is 10.3 Å². The Kier molecular flexibility index (Phi) is 6.53. The molecule has 0 saturated heterocycles. The van der Waals surface area contributed by atoms with Crippen molar-refractivity contribution in [2.75, 3.05) is 0 Å². The third-order valence-electron chi connectivity index (χ3n) is 5.70. The number of pyridine rings is 1. The summed E-state index contributed by atoms with van der Waals surface area (Å²) in [6.07, 6.45) is -8.10. The molecule has 0 aliphatic heterocycles. The van der Waals surface area contributed by atoms with Crippen LogP contribution in [0.25, 0.3) is 0 Å². The molecule has 1 heterocycles. The van der Waals surface area contributed by atoms with Gasteiger partial charge in [-0.1, -0.05) is 6.07 Å². The van der Waals surface area contributed by atoms with Gasteiger partial charge in [-0.3, -0.25) is 9.78 Å². The van der Waals surface area contributed by atoms with Gasteiger partial charge in [-0.25, -0.2) is 8.42 Å². The lowest BCUT2D eigenvalue weighted by atomic mass is 9.83. The second-order valence-electron chi connectivity index (χ2n) is 8.21. The van der Waals surface area contributed by atoms with Gasteiger partial charge in [0.15, 0.2) is 9.84 Å². The Bertz CT molecular complexity index is 1120. The molecule has 1 N–H and O–H groups in total. The van der Waals surface area contributed by atoms with Crippen LogP contribution < -0.4 is 5.32 Å². The lowest BCUT2D eigenvalue weighted by Crippen LogP contribution is -2.50. The molecule has 0 radical (unpaired) electrons. The van der Waals surface area contributed by atoms with Crippen molar-refractivity contribution >= 4 is 15.7 Å². The van der Waals surface area contributed by atoms with Crippen molar-refractivity contribution in [1.29, 1.82) is 0 Å². The standard InChI is InChI=1S/C21H20F6N2O3S/c1-19(29-18(30)17-6-5-14(12-28-17)21(25,26)27)9-7-15(8-10-19)33(31,32)16-4-2-3-13(11-16)20(22,23)24/h2-6,11-12,15H,7-10H2,1H3,(H,29,30). The van der Waals surface area contributed by atoms with E-state index in [0.29, 0.717) is 12.3 Å². The molecule has 0 bridgehead atoms. The number of halogens is 6. The third-order valence-corrected chi connectivity index (χ3v) is 7.96. The highest BCUT2D eigenvalue weighted by molar-refractivity contribution is 7.92. The second kappa shape index (κ2) is 8.62. The van der Waals surface area contributed by atoms with Crippen LogP contribution in [0.2, 0.25) is 0 Å². The van der Waals surface area contributed by atoms with E-state index in [1.54, 1.807) is 6.92 Å². The number of rotatable bonds is 4. The molecule has 0 spiro atoms. The van der Waals surface area contributed by atoms with Crippen LogP contribution in [0.4, 0.5) is 26.3 Å². The van der Waals surface area contributed by atoms with Gasteiger partial charge in [0.25, 0.3) is 5.91 Å². The summed E-state index contributed by atoms with van der Waals surface area (Å²) in [6.45, 7) is 1.67. The molecule has 1 fully saturated rings. The predicted molar refractivity (Wildman–Crippen MR) is 106 cm³/mol. The molecule has 0 unspecified atom stereocenters. The summed E-state index contributed by atoms with van der Waals surface area (Å²) in [7, 11) is -4.03. The fraction of sp³-hybridized carbons (Fsp3) is 0.429. The number of carbonyl (C=O) groups is 1. The van der Waals surface area contributed by atoms with E-state index in [1.165, 1.54) is 0 Å². The van der Waals surface area contributed by atoms with Crippen LogP contribution in [0.15, 0.2) is 47.5 Å². The SMILES string of the molecule is CC1(NC(=O)c2ccc(C(F)(F)F)cn2)CCC(S(=O)(=O)c2cccc(C(F)(F)F)c2)CC1. The predicted octanol–water partition coefficient (Wildman–Crippen LogP) is 5.02. The largest absolute Gasteiger partial charge is 0.417 e. The zero-order chi connectivity index (χ0) is 24.7. The quantitative estimate of drug-likeness (QED) is 0.606. The zero-order valence-corrected chi connectivity index (χ0v) is 18.1. The maximum absolute atomic E-state index is 12.9. The minimum Gasteiger partial charge on any atom is -0.346 e. The van der Waals surface area contributed by atoms with Gasteiger partial charge in [0.05, 0.1) is 21.3 Å². The number of nitrogens with zero attached hydrogens (tertiary/aromatic N) is 1. The number of benzene rings is 1. The highest BCUT2D eigenvalue weighted by Gasteiger charge is 2.40. The molecule has 1 aromatic heterocycles. The summed E-state index contributed by atoms with van der Waals surface area (Å²) in [5.74, 6) is -0.703. The first-order valence-corrected chi connectivity index (χ1v) is 11.4. The van der Waals surface area contributed by atoms with Gasteiger partial charge < -0.3 is 5.32 Å². The molecule has 1 aliphatic carbocycles. The van der Waals surface area contributed by atoms with Gasteiger partial charge in [0.1, 0.15) is 5.69 Å². The maximum Gasteiger partial charge on any atom is 0.417 e. The van der Waals surface area contributed by atoms with Gasteiger partial charge in [-0.05, 0) is 62.9 Å². The van der Waals surface area contributed by atoms with Crippen molar-refractivity contribution in [2.45, 2.75) is 60.6 Å². The molecule has 33 heavy (non-hydrogen) atoms. The van der Waals surface area contributed by atoms with Crippen LogP contribution in [0, 0.1) is 0 Å². The number of alkyl halides is 6. The molecule has 5 nitrogen and oxygen atoms in total. The molecular formula is C21H20F6N2O3S. The number of carbonyl (C=O) groups excluding carboxylic acids is 1. The van der Waals surface area contributed by atoms with Gasteiger partial charge in [0.2, 0.25) is 0 Å². The monoisotopic (exact) mass is 494 g/mol. The van der Waals surface area contributed by atoms with Crippen molar-refractivity contribution < 1.29 is 39.6 Å². The Morgan fingerprint density at radius 2 is 1.61 bits per heavy atom. The molecule has 3 rings (SSSR count). The summed E-state index contributed by atoms with van der Waals surface area (Å²) in [6, 6.07) is 5.26. The normalized spacial score (nSPS) is 22.1.